The van der Waals surface area contributed by atoms with E-state index in [-0.39, 0.29) is 32.9 Å². The fourth-order valence-electron chi connectivity index (χ4n) is 3.38. The maximum atomic E-state index is 13.1. The summed E-state index contributed by atoms with van der Waals surface area (Å²) >= 11 is 0.816. The van der Waals surface area contributed by atoms with Crippen LogP contribution in [0.2, 0.25) is 0 Å². The van der Waals surface area contributed by atoms with Crippen molar-refractivity contribution in [2.45, 2.75) is 9.79 Å². The number of rotatable bonds is 6. The molecule has 0 fully saturated rings. The van der Waals surface area contributed by atoms with Crippen LogP contribution in [0.25, 0.3) is 10.8 Å². The van der Waals surface area contributed by atoms with Gasteiger partial charge in [0, 0.05) is 29.1 Å². The highest BCUT2D eigenvalue weighted by atomic mass is 32.2. The number of aromatic hydroxyl groups is 1. The molecule has 0 radical (unpaired) electrons. The molecule has 0 aliphatic carbocycles. The second kappa shape index (κ2) is 7.22. The lowest BCUT2D eigenvalue weighted by Gasteiger charge is -2.14. The van der Waals surface area contributed by atoms with Crippen LogP contribution in [0.4, 0.5) is 11.4 Å². The summed E-state index contributed by atoms with van der Waals surface area (Å²) in [6.45, 7) is 0. The molecule has 0 saturated carbocycles. The van der Waals surface area contributed by atoms with Crippen LogP contribution in [0.15, 0.2) is 58.3 Å². The summed E-state index contributed by atoms with van der Waals surface area (Å²) in [6.07, 6.45) is 0. The number of phenols is 1. The van der Waals surface area contributed by atoms with Crippen LogP contribution < -0.4 is 14.7 Å². The summed E-state index contributed by atoms with van der Waals surface area (Å²) in [6, 6.07) is 11.9. The molecule has 0 bridgehead atoms. The van der Waals surface area contributed by atoms with Crippen molar-refractivity contribution in [3.8, 4) is 5.75 Å². The van der Waals surface area contributed by atoms with Crippen molar-refractivity contribution in [1.29, 1.82) is 0 Å². The first-order chi connectivity index (χ1) is 14.2. The molecule has 1 heterocycles. The van der Waals surface area contributed by atoms with Crippen molar-refractivity contribution in [2.75, 3.05) is 22.4 Å². The van der Waals surface area contributed by atoms with Gasteiger partial charge in [-0.3, -0.25) is 9.52 Å². The van der Waals surface area contributed by atoms with E-state index in [1.54, 1.807) is 31.3 Å². The van der Waals surface area contributed by atoms with E-state index in [4.69, 9.17) is 0 Å². The Kier molecular flexibility index (Phi) is 4.83. The molecule has 3 aromatic carbocycles. The smallest absolute Gasteiger partial charge is 0.262 e. The van der Waals surface area contributed by atoms with Crippen LogP contribution in [0, 0.1) is 0 Å². The van der Waals surface area contributed by atoms with Crippen LogP contribution in [-0.4, -0.2) is 38.2 Å². The number of sulfonamides is 1. The Morgan fingerprint density at radius 1 is 1.20 bits per heavy atom. The van der Waals surface area contributed by atoms with Gasteiger partial charge >= 0.3 is 0 Å². The second-order valence-corrected chi connectivity index (χ2v) is 9.29. The molecule has 10 heteroatoms. The zero-order chi connectivity index (χ0) is 21.6. The zero-order valence-electron chi connectivity index (χ0n) is 15.6. The van der Waals surface area contributed by atoms with Crippen LogP contribution in [0.1, 0.15) is 10.4 Å². The molecule has 0 spiro atoms. The third-order valence-electron chi connectivity index (χ3n) is 4.72. The molecule has 8 nitrogen and oxygen atoms in total. The average Bonchev–Trinajstić information content (AvgIpc) is 2.95. The number of amides is 1. The molecule has 0 unspecified atom stereocenters. The van der Waals surface area contributed by atoms with Crippen molar-refractivity contribution < 1.29 is 28.2 Å². The van der Waals surface area contributed by atoms with Crippen molar-refractivity contribution in [2.24, 2.45) is 0 Å². The number of carbonyl (C=O) groups is 2. The number of carboxylic acids is 1. The first-order valence-corrected chi connectivity index (χ1v) is 11.2. The summed E-state index contributed by atoms with van der Waals surface area (Å²) in [4.78, 5) is 24.7. The highest BCUT2D eigenvalue weighted by molar-refractivity contribution is 8.00. The van der Waals surface area contributed by atoms with E-state index < -0.39 is 16.0 Å². The Hall–Kier alpha value is -3.24. The van der Waals surface area contributed by atoms with Gasteiger partial charge in [-0.1, -0.05) is 12.1 Å². The fourth-order valence-corrected chi connectivity index (χ4v) is 5.34. The second-order valence-electron chi connectivity index (χ2n) is 6.62. The number of aliphatic carboxylic acids is 1. The highest BCUT2D eigenvalue weighted by Gasteiger charge is 2.30. The van der Waals surface area contributed by atoms with Gasteiger partial charge in [0.25, 0.3) is 15.9 Å². The van der Waals surface area contributed by atoms with Crippen molar-refractivity contribution >= 4 is 55.8 Å². The lowest BCUT2D eigenvalue weighted by molar-refractivity contribution is -0.301. The number of carboxylic acid groups (broad SMARTS) is 1. The van der Waals surface area contributed by atoms with Gasteiger partial charge in [-0.2, -0.15) is 0 Å². The summed E-state index contributed by atoms with van der Waals surface area (Å²) in [7, 11) is -2.41. The van der Waals surface area contributed by atoms with Gasteiger partial charge in [-0.25, -0.2) is 8.42 Å². The monoisotopic (exact) mass is 443 g/mol. The molecule has 1 aliphatic heterocycles. The molecule has 0 saturated heterocycles. The van der Waals surface area contributed by atoms with Gasteiger partial charge in [0.05, 0.1) is 27.1 Å². The third-order valence-corrected chi connectivity index (χ3v) is 7.18. The molecule has 30 heavy (non-hydrogen) atoms. The third kappa shape index (κ3) is 3.33. The van der Waals surface area contributed by atoms with Gasteiger partial charge in [0.1, 0.15) is 5.75 Å². The predicted octanol–water partition coefficient (Wildman–Crippen LogP) is 1.78. The highest BCUT2D eigenvalue weighted by Crippen LogP contribution is 2.40. The summed E-state index contributed by atoms with van der Waals surface area (Å²) < 4.78 is 28.7. The molecule has 154 valence electrons. The lowest BCUT2D eigenvalue weighted by Crippen LogP contribution is -2.24. The Morgan fingerprint density at radius 3 is 2.70 bits per heavy atom. The van der Waals surface area contributed by atoms with E-state index in [2.05, 4.69) is 4.72 Å². The van der Waals surface area contributed by atoms with E-state index in [0.29, 0.717) is 22.0 Å². The standard InChI is InChI=1S/C20H16N2O6S2/c1-22-14-6-8-17(12-3-2-4-13(19(12)14)20(22)26)30(27,28)21-11-5-7-15(23)16(9-11)29-10-18(24)25/h2-9,21,23H,10H2,1H3,(H,24,25)/p-1. The molecule has 1 amide bonds. The summed E-state index contributed by atoms with van der Waals surface area (Å²) in [5, 5.41) is 21.5. The Morgan fingerprint density at radius 2 is 1.97 bits per heavy atom. The molecule has 1 aliphatic rings. The van der Waals surface area contributed by atoms with Crippen molar-refractivity contribution in [3.05, 3.63) is 54.1 Å². The molecule has 3 aromatic rings. The summed E-state index contributed by atoms with van der Waals surface area (Å²) in [5.74, 6) is -2.07. The number of hydrogen-bond acceptors (Lipinski definition) is 7. The number of thioether (sulfide) groups is 1. The van der Waals surface area contributed by atoms with Gasteiger partial charge in [0.2, 0.25) is 0 Å². The number of nitrogens with one attached hydrogen (secondary N) is 1. The quantitative estimate of drug-likeness (QED) is 0.439. The Balaban J connectivity index is 1.74. The van der Waals surface area contributed by atoms with E-state index in [1.165, 1.54) is 29.2 Å². The topological polar surface area (TPSA) is 127 Å². The zero-order valence-corrected chi connectivity index (χ0v) is 17.2. The van der Waals surface area contributed by atoms with Crippen LogP contribution in [-0.2, 0) is 14.8 Å². The molecular formula is C20H15N2O6S2-. The number of hydrogen-bond donors (Lipinski definition) is 2. The van der Waals surface area contributed by atoms with E-state index >= 15 is 0 Å². The van der Waals surface area contributed by atoms with E-state index in [0.717, 1.165) is 11.8 Å². The van der Waals surface area contributed by atoms with E-state index in [9.17, 15) is 28.2 Å². The molecular weight excluding hydrogens is 428 g/mol. The lowest BCUT2D eigenvalue weighted by atomic mass is 10.1. The number of nitrogens with zero attached hydrogens (tertiary/aromatic N) is 1. The number of anilines is 2. The van der Waals surface area contributed by atoms with Gasteiger partial charge < -0.3 is 19.9 Å². The maximum Gasteiger partial charge on any atom is 0.262 e. The Bertz CT molecular complexity index is 1320. The van der Waals surface area contributed by atoms with Gasteiger partial charge in [-0.15, -0.1) is 11.8 Å². The normalized spacial score (nSPS) is 13.1. The largest absolute Gasteiger partial charge is 0.549 e. The average molecular weight is 443 g/mol. The molecule has 0 aromatic heterocycles. The van der Waals surface area contributed by atoms with Gasteiger partial charge in [0.15, 0.2) is 0 Å². The minimum absolute atomic E-state index is 0.00298. The van der Waals surface area contributed by atoms with Crippen molar-refractivity contribution in [3.63, 3.8) is 0 Å². The van der Waals surface area contributed by atoms with Gasteiger partial charge in [-0.05, 0) is 36.4 Å². The maximum absolute atomic E-state index is 13.1. The first kappa shape index (κ1) is 20.0. The molecule has 0 atom stereocenters. The van der Waals surface area contributed by atoms with E-state index in [1.807, 2.05) is 0 Å². The minimum atomic E-state index is -4.04. The summed E-state index contributed by atoms with van der Waals surface area (Å²) in [5.41, 5.74) is 1.23. The SMILES string of the molecule is CN1C(=O)c2cccc3c(S(=O)(=O)Nc4ccc(O)c(SCC(=O)[O-])c4)ccc1c23. The van der Waals surface area contributed by atoms with Crippen molar-refractivity contribution in [1.82, 2.24) is 0 Å². The molecule has 4 rings (SSSR count). The van der Waals surface area contributed by atoms with Crippen LogP contribution >= 0.6 is 11.8 Å². The number of carbonyl (C=O) groups excluding carboxylic acids is 2. The fraction of sp³-hybridized carbons (Fsp3) is 0.100. The first-order valence-electron chi connectivity index (χ1n) is 8.71. The van der Waals surface area contributed by atoms with Crippen LogP contribution in [0.5, 0.6) is 5.75 Å². The number of phenolic OH excluding ortho intramolecular Hbond substituents is 1. The minimum Gasteiger partial charge on any atom is -0.549 e. The molecule has 2 N–H and O–H groups in total. The van der Waals surface area contributed by atoms with Crippen LogP contribution in [0.3, 0.4) is 0 Å². The Labute approximate surface area is 176 Å². The predicted molar refractivity (Wildman–Crippen MR) is 111 cm³/mol. The number of benzene rings is 3.